The van der Waals surface area contributed by atoms with Crippen LogP contribution in [0.1, 0.15) is 23.0 Å². The number of ether oxygens (including phenoxy) is 2. The van der Waals surface area contributed by atoms with E-state index in [4.69, 9.17) is 15.2 Å². The van der Waals surface area contributed by atoms with Crippen LogP contribution in [0.3, 0.4) is 0 Å². The minimum Gasteiger partial charge on any atom is -0.497 e. The number of hydrogen-bond acceptors (Lipinski definition) is 6. The van der Waals surface area contributed by atoms with Gasteiger partial charge in [0.15, 0.2) is 4.88 Å². The molecule has 1 heterocycles. The number of anilines is 1. The maximum Gasteiger partial charge on any atom is 0.352 e. The highest BCUT2D eigenvalue weighted by atomic mass is 32.1. The van der Waals surface area contributed by atoms with Gasteiger partial charge in [-0.3, -0.25) is 0 Å². The Balaban J connectivity index is 2.25. The third-order valence-electron chi connectivity index (χ3n) is 2.71. The highest BCUT2D eigenvalue weighted by Gasteiger charge is 2.19. The summed E-state index contributed by atoms with van der Waals surface area (Å²) in [6, 6.07) is 7.35. The Morgan fingerprint density at radius 3 is 2.65 bits per heavy atom. The maximum atomic E-state index is 11.8. The first-order chi connectivity index (χ1) is 9.67. The van der Waals surface area contributed by atoms with Crippen LogP contribution in [0.15, 0.2) is 24.3 Å². The van der Waals surface area contributed by atoms with Crippen molar-refractivity contribution >= 4 is 23.2 Å². The molecule has 5 nitrogen and oxygen atoms in total. The first kappa shape index (κ1) is 14.3. The van der Waals surface area contributed by atoms with E-state index in [0.29, 0.717) is 22.9 Å². The summed E-state index contributed by atoms with van der Waals surface area (Å²) in [5.41, 5.74) is 7.80. The summed E-state index contributed by atoms with van der Waals surface area (Å²) in [7, 11) is 1.61. The lowest BCUT2D eigenvalue weighted by atomic mass is 10.1. The second-order valence-corrected chi connectivity index (χ2v) is 4.91. The van der Waals surface area contributed by atoms with Gasteiger partial charge < -0.3 is 15.2 Å². The molecular weight excluding hydrogens is 276 g/mol. The highest BCUT2D eigenvalue weighted by Crippen LogP contribution is 2.32. The van der Waals surface area contributed by atoms with Crippen LogP contribution in [0.25, 0.3) is 11.3 Å². The molecule has 106 valence electrons. The van der Waals surface area contributed by atoms with Crippen molar-refractivity contribution in [3.63, 3.8) is 0 Å². The van der Waals surface area contributed by atoms with Gasteiger partial charge in [0.05, 0.1) is 19.4 Å². The molecule has 0 radical (unpaired) electrons. The topological polar surface area (TPSA) is 74.4 Å². The first-order valence-corrected chi connectivity index (χ1v) is 7.01. The molecule has 0 aliphatic carbocycles. The van der Waals surface area contributed by atoms with Gasteiger partial charge in [-0.25, -0.2) is 4.79 Å². The van der Waals surface area contributed by atoms with Crippen molar-refractivity contribution in [3.05, 3.63) is 29.1 Å². The molecule has 0 aliphatic rings. The van der Waals surface area contributed by atoms with Gasteiger partial charge in [-0.05, 0) is 42.2 Å². The summed E-state index contributed by atoms with van der Waals surface area (Å²) < 4.78 is 14.4. The molecule has 2 N–H and O–H groups in total. The molecule has 2 rings (SSSR count). The Labute approximate surface area is 121 Å². The molecule has 0 saturated carbocycles. The van der Waals surface area contributed by atoms with Crippen LogP contribution >= 0.6 is 11.5 Å². The van der Waals surface area contributed by atoms with Crippen LogP contribution in [0, 0.1) is 0 Å². The zero-order chi connectivity index (χ0) is 14.5. The lowest BCUT2D eigenvalue weighted by Gasteiger charge is -2.03. The molecule has 2 aromatic rings. The first-order valence-electron chi connectivity index (χ1n) is 6.24. The Morgan fingerprint density at radius 1 is 1.35 bits per heavy atom. The van der Waals surface area contributed by atoms with Crippen molar-refractivity contribution in [1.82, 2.24) is 4.37 Å². The fourth-order valence-electron chi connectivity index (χ4n) is 1.66. The van der Waals surface area contributed by atoms with Crippen LogP contribution in [0.5, 0.6) is 5.75 Å². The van der Waals surface area contributed by atoms with E-state index in [9.17, 15) is 4.79 Å². The van der Waals surface area contributed by atoms with Crippen LogP contribution in [-0.4, -0.2) is 24.1 Å². The van der Waals surface area contributed by atoms with Crippen LogP contribution in [0.4, 0.5) is 5.69 Å². The predicted octanol–water partition coefficient (Wildman–Crippen LogP) is 2.97. The normalized spacial score (nSPS) is 10.3. The van der Waals surface area contributed by atoms with E-state index in [2.05, 4.69) is 4.37 Å². The Kier molecular flexibility index (Phi) is 4.57. The molecule has 0 aliphatic heterocycles. The molecule has 0 unspecified atom stereocenters. The van der Waals surface area contributed by atoms with E-state index in [0.717, 1.165) is 29.3 Å². The van der Waals surface area contributed by atoms with Gasteiger partial charge in [0, 0.05) is 5.56 Å². The largest absolute Gasteiger partial charge is 0.497 e. The van der Waals surface area contributed by atoms with E-state index in [1.807, 2.05) is 31.2 Å². The number of aromatic nitrogens is 1. The van der Waals surface area contributed by atoms with E-state index >= 15 is 0 Å². The average molecular weight is 292 g/mol. The number of rotatable bonds is 5. The lowest BCUT2D eigenvalue weighted by Crippen LogP contribution is -2.06. The number of esters is 1. The smallest absolute Gasteiger partial charge is 0.352 e. The van der Waals surface area contributed by atoms with Gasteiger partial charge in [-0.1, -0.05) is 6.92 Å². The third-order valence-corrected chi connectivity index (χ3v) is 3.56. The van der Waals surface area contributed by atoms with E-state index < -0.39 is 5.97 Å². The number of methoxy groups -OCH3 is 1. The summed E-state index contributed by atoms with van der Waals surface area (Å²) in [4.78, 5) is 12.2. The van der Waals surface area contributed by atoms with Crippen molar-refractivity contribution in [3.8, 4) is 17.0 Å². The molecule has 1 aromatic carbocycles. The van der Waals surface area contributed by atoms with Crippen LogP contribution in [-0.2, 0) is 4.74 Å². The van der Waals surface area contributed by atoms with Crippen molar-refractivity contribution in [2.45, 2.75) is 13.3 Å². The summed E-state index contributed by atoms with van der Waals surface area (Å²) in [5.74, 6) is 0.340. The Morgan fingerprint density at radius 2 is 2.05 bits per heavy atom. The van der Waals surface area contributed by atoms with Gasteiger partial charge in [-0.2, -0.15) is 4.37 Å². The monoisotopic (exact) mass is 292 g/mol. The number of nitrogens with two attached hydrogens (primary N) is 1. The Bertz CT molecular complexity index is 593. The molecule has 0 amide bonds. The third kappa shape index (κ3) is 2.91. The van der Waals surface area contributed by atoms with Crippen molar-refractivity contribution in [2.75, 3.05) is 19.5 Å². The average Bonchev–Trinajstić information content (AvgIpc) is 2.86. The number of nitrogen functional groups attached to an aromatic ring is 1. The van der Waals surface area contributed by atoms with E-state index in [1.165, 1.54) is 0 Å². The lowest BCUT2D eigenvalue weighted by molar-refractivity contribution is 0.0512. The molecule has 0 saturated heterocycles. The van der Waals surface area contributed by atoms with Crippen molar-refractivity contribution in [1.29, 1.82) is 0 Å². The summed E-state index contributed by atoms with van der Waals surface area (Å²) in [5, 5.41) is 0. The molecule has 1 aromatic heterocycles. The van der Waals surface area contributed by atoms with Gasteiger partial charge in [0.1, 0.15) is 11.4 Å². The van der Waals surface area contributed by atoms with E-state index in [-0.39, 0.29) is 0 Å². The minimum atomic E-state index is -0.415. The fraction of sp³-hybridized carbons (Fsp3) is 0.286. The number of benzene rings is 1. The van der Waals surface area contributed by atoms with Gasteiger partial charge in [0.25, 0.3) is 0 Å². The second kappa shape index (κ2) is 6.38. The standard InChI is InChI=1S/C14H16N2O3S/c1-3-8-19-14(17)13-11(15)12(16-20-13)9-4-6-10(18-2)7-5-9/h4-7H,3,8,15H2,1-2H3. The summed E-state index contributed by atoms with van der Waals surface area (Å²) >= 11 is 1.06. The minimum absolute atomic E-state index is 0.351. The maximum absolute atomic E-state index is 11.8. The summed E-state index contributed by atoms with van der Waals surface area (Å²) in [6.45, 7) is 2.32. The van der Waals surface area contributed by atoms with Crippen molar-refractivity contribution in [2.24, 2.45) is 0 Å². The predicted molar refractivity (Wildman–Crippen MR) is 79.1 cm³/mol. The van der Waals surface area contributed by atoms with Crippen molar-refractivity contribution < 1.29 is 14.3 Å². The number of nitrogens with zero attached hydrogens (tertiary/aromatic N) is 1. The highest BCUT2D eigenvalue weighted by molar-refractivity contribution is 7.09. The second-order valence-electron chi connectivity index (χ2n) is 4.14. The molecule has 6 heteroatoms. The zero-order valence-electron chi connectivity index (χ0n) is 11.4. The zero-order valence-corrected chi connectivity index (χ0v) is 12.2. The quantitative estimate of drug-likeness (QED) is 0.857. The van der Waals surface area contributed by atoms with E-state index in [1.54, 1.807) is 7.11 Å². The molecule has 0 spiro atoms. The summed E-state index contributed by atoms with van der Waals surface area (Å²) in [6.07, 6.45) is 0.774. The van der Waals surface area contributed by atoms with Crippen LogP contribution in [0.2, 0.25) is 0 Å². The van der Waals surface area contributed by atoms with Gasteiger partial charge in [0.2, 0.25) is 0 Å². The molecule has 20 heavy (non-hydrogen) atoms. The fourth-order valence-corrected chi connectivity index (χ4v) is 2.38. The molecular formula is C14H16N2O3S. The Hall–Kier alpha value is -2.08. The molecule has 0 fully saturated rings. The SMILES string of the molecule is CCCOC(=O)c1snc(-c2ccc(OC)cc2)c1N. The molecule has 0 atom stereocenters. The number of hydrogen-bond donors (Lipinski definition) is 1. The van der Waals surface area contributed by atoms with Gasteiger partial charge in [-0.15, -0.1) is 0 Å². The van der Waals surface area contributed by atoms with Gasteiger partial charge >= 0.3 is 5.97 Å². The van der Waals surface area contributed by atoms with Crippen LogP contribution < -0.4 is 10.5 Å². The number of carbonyl (C=O) groups is 1. The number of carbonyl (C=O) groups excluding carboxylic acids is 1. The molecule has 0 bridgehead atoms.